The van der Waals surface area contributed by atoms with Crippen LogP contribution in [0.4, 0.5) is 0 Å². The molecule has 0 bridgehead atoms. The molecule has 2 rings (SSSR count). The van der Waals surface area contributed by atoms with Crippen molar-refractivity contribution >= 4 is 17.3 Å². The summed E-state index contributed by atoms with van der Waals surface area (Å²) in [6.45, 7) is 12.3. The predicted octanol–water partition coefficient (Wildman–Crippen LogP) is 2.96. The van der Waals surface area contributed by atoms with Crippen LogP contribution in [0.1, 0.15) is 51.7 Å². The molecule has 1 heterocycles. The quantitative estimate of drug-likeness (QED) is 0.618. The number of nitrogens with one attached hydrogen (secondary N) is 2. The van der Waals surface area contributed by atoms with E-state index in [4.69, 9.17) is 9.73 Å². The lowest BCUT2D eigenvalue weighted by molar-refractivity contribution is -0.176. The highest BCUT2D eigenvalue weighted by molar-refractivity contribution is 7.09. The maximum absolute atomic E-state index is 5.70. The van der Waals surface area contributed by atoms with Gasteiger partial charge < -0.3 is 15.4 Å². The number of hydrogen-bond donors (Lipinski definition) is 2. The zero-order chi connectivity index (χ0) is 17.1. The van der Waals surface area contributed by atoms with Crippen molar-refractivity contribution in [3.8, 4) is 0 Å². The highest BCUT2D eigenvalue weighted by Crippen LogP contribution is 2.51. The lowest BCUT2D eigenvalue weighted by Crippen LogP contribution is -2.69. The summed E-state index contributed by atoms with van der Waals surface area (Å²) >= 11 is 1.71. The van der Waals surface area contributed by atoms with Gasteiger partial charge in [0.2, 0.25) is 0 Å². The number of aryl methyl sites for hydroxylation is 1. The van der Waals surface area contributed by atoms with E-state index >= 15 is 0 Å². The van der Waals surface area contributed by atoms with E-state index in [2.05, 4.69) is 55.6 Å². The van der Waals surface area contributed by atoms with E-state index in [0.29, 0.717) is 12.6 Å². The summed E-state index contributed by atoms with van der Waals surface area (Å²) in [5, 5.41) is 10.2. The molecule has 2 N–H and O–H groups in total. The standard InChI is InChI=1S/C17H30N4OS/c1-7-14-20-12(11-23-14)10-19-15(18-8-2)21-13-9-17(5,22-6)16(13,3)4/h11,13H,7-10H2,1-6H3,(H2,18,19,21). The maximum atomic E-state index is 5.70. The van der Waals surface area contributed by atoms with E-state index in [9.17, 15) is 0 Å². The normalized spacial score (nSPS) is 26.7. The summed E-state index contributed by atoms with van der Waals surface area (Å²) in [5.74, 6) is 0.856. The van der Waals surface area contributed by atoms with Crippen LogP contribution in [0.25, 0.3) is 0 Å². The van der Waals surface area contributed by atoms with Crippen molar-refractivity contribution < 1.29 is 4.74 Å². The van der Waals surface area contributed by atoms with E-state index in [1.165, 1.54) is 5.01 Å². The zero-order valence-electron chi connectivity index (χ0n) is 15.2. The van der Waals surface area contributed by atoms with Crippen molar-refractivity contribution in [3.05, 3.63) is 16.1 Å². The van der Waals surface area contributed by atoms with Crippen LogP contribution in [0.5, 0.6) is 0 Å². The largest absolute Gasteiger partial charge is 0.378 e. The van der Waals surface area contributed by atoms with Gasteiger partial charge in [-0.15, -0.1) is 11.3 Å². The smallest absolute Gasteiger partial charge is 0.191 e. The van der Waals surface area contributed by atoms with Crippen molar-refractivity contribution in [3.63, 3.8) is 0 Å². The number of thiazole rings is 1. The summed E-state index contributed by atoms with van der Waals surface area (Å²) in [7, 11) is 1.80. The molecule has 0 spiro atoms. The molecule has 0 saturated heterocycles. The van der Waals surface area contributed by atoms with Gasteiger partial charge in [0.25, 0.3) is 0 Å². The van der Waals surface area contributed by atoms with Gasteiger partial charge in [0, 0.05) is 30.5 Å². The molecule has 130 valence electrons. The molecule has 1 aromatic rings. The Hall–Kier alpha value is -1.14. The third kappa shape index (κ3) is 3.69. The van der Waals surface area contributed by atoms with Gasteiger partial charge in [0.15, 0.2) is 5.96 Å². The number of guanidine groups is 1. The van der Waals surface area contributed by atoms with Crippen molar-refractivity contribution in [1.29, 1.82) is 0 Å². The molecule has 0 aliphatic heterocycles. The number of aromatic nitrogens is 1. The molecule has 23 heavy (non-hydrogen) atoms. The Morgan fingerprint density at radius 2 is 2.17 bits per heavy atom. The number of nitrogens with zero attached hydrogens (tertiary/aromatic N) is 2. The van der Waals surface area contributed by atoms with Gasteiger partial charge >= 0.3 is 0 Å². The fourth-order valence-corrected chi connectivity index (χ4v) is 3.69. The Kier molecular flexibility index (Phi) is 5.68. The summed E-state index contributed by atoms with van der Waals surface area (Å²) in [5.41, 5.74) is 1.03. The minimum atomic E-state index is -0.0765. The molecule has 1 aromatic heterocycles. The molecule has 0 aromatic carbocycles. The fourth-order valence-electron chi connectivity index (χ4n) is 2.95. The number of methoxy groups -OCH3 is 1. The molecular weight excluding hydrogens is 308 g/mol. The molecule has 2 unspecified atom stereocenters. The molecule has 1 aliphatic carbocycles. The lowest BCUT2D eigenvalue weighted by Gasteiger charge is -2.59. The van der Waals surface area contributed by atoms with Gasteiger partial charge in [0.05, 0.1) is 22.8 Å². The molecule has 2 atom stereocenters. The predicted molar refractivity (Wildman–Crippen MR) is 97.0 cm³/mol. The molecule has 1 fully saturated rings. The Labute approximate surface area is 144 Å². The van der Waals surface area contributed by atoms with Crippen LogP contribution >= 0.6 is 11.3 Å². The van der Waals surface area contributed by atoms with Gasteiger partial charge in [-0.2, -0.15) is 0 Å². The van der Waals surface area contributed by atoms with Crippen LogP contribution < -0.4 is 10.6 Å². The second kappa shape index (κ2) is 7.18. The number of hydrogen-bond acceptors (Lipinski definition) is 4. The van der Waals surface area contributed by atoms with Crippen LogP contribution in [-0.4, -0.2) is 36.2 Å². The minimum Gasteiger partial charge on any atom is -0.378 e. The number of ether oxygens (including phenoxy) is 1. The zero-order valence-corrected chi connectivity index (χ0v) is 16.0. The van der Waals surface area contributed by atoms with E-state index in [-0.39, 0.29) is 11.0 Å². The summed E-state index contributed by atoms with van der Waals surface area (Å²) in [6.07, 6.45) is 1.97. The van der Waals surface area contributed by atoms with E-state index in [0.717, 1.165) is 31.0 Å². The van der Waals surface area contributed by atoms with Gasteiger partial charge in [-0.1, -0.05) is 20.8 Å². The van der Waals surface area contributed by atoms with Crippen molar-refractivity contribution in [2.75, 3.05) is 13.7 Å². The Morgan fingerprint density at radius 3 is 2.70 bits per heavy atom. The first-order valence-corrected chi connectivity index (χ1v) is 9.27. The van der Waals surface area contributed by atoms with Crippen molar-refractivity contribution in [2.45, 2.75) is 65.6 Å². The van der Waals surface area contributed by atoms with Crippen LogP contribution in [-0.2, 0) is 17.7 Å². The van der Waals surface area contributed by atoms with E-state index < -0.39 is 0 Å². The van der Waals surface area contributed by atoms with Crippen molar-refractivity contribution in [1.82, 2.24) is 15.6 Å². The molecule has 0 amide bonds. The van der Waals surface area contributed by atoms with Crippen LogP contribution in [0.2, 0.25) is 0 Å². The number of aliphatic imine (C=N–C) groups is 1. The first-order chi connectivity index (χ1) is 10.9. The second-order valence-electron chi connectivity index (χ2n) is 6.84. The average Bonchev–Trinajstić information content (AvgIpc) is 3.00. The van der Waals surface area contributed by atoms with Crippen molar-refractivity contribution in [2.24, 2.45) is 10.4 Å². The topological polar surface area (TPSA) is 58.5 Å². The molecular formula is C17H30N4OS. The SMILES string of the molecule is CCNC(=NCc1csc(CC)n1)NC1CC(C)(OC)C1(C)C. The first-order valence-electron chi connectivity index (χ1n) is 8.39. The monoisotopic (exact) mass is 338 g/mol. The Morgan fingerprint density at radius 1 is 1.43 bits per heavy atom. The molecule has 1 saturated carbocycles. The van der Waals surface area contributed by atoms with Crippen LogP contribution in [0.3, 0.4) is 0 Å². The third-order valence-electron chi connectivity index (χ3n) is 5.23. The lowest BCUT2D eigenvalue weighted by atomic mass is 9.56. The molecule has 0 radical (unpaired) electrons. The van der Waals surface area contributed by atoms with Gasteiger partial charge in [0.1, 0.15) is 0 Å². The summed E-state index contributed by atoms with van der Waals surface area (Å²) < 4.78 is 5.70. The van der Waals surface area contributed by atoms with Crippen LogP contribution in [0, 0.1) is 5.41 Å². The molecule has 1 aliphatic rings. The average molecular weight is 339 g/mol. The van der Waals surface area contributed by atoms with E-state index in [1.807, 2.05) is 0 Å². The van der Waals surface area contributed by atoms with E-state index in [1.54, 1.807) is 18.4 Å². The highest BCUT2D eigenvalue weighted by Gasteiger charge is 2.58. The van der Waals surface area contributed by atoms with Gasteiger partial charge in [-0.25, -0.2) is 9.98 Å². The third-order valence-corrected chi connectivity index (χ3v) is 6.28. The Bertz CT molecular complexity index is 555. The van der Waals surface area contributed by atoms with Gasteiger partial charge in [-0.05, 0) is 26.7 Å². The summed E-state index contributed by atoms with van der Waals surface area (Å²) in [6, 6.07) is 0.354. The molecule has 5 nitrogen and oxygen atoms in total. The Balaban J connectivity index is 2.00. The molecule has 6 heteroatoms. The maximum Gasteiger partial charge on any atom is 0.191 e. The summed E-state index contributed by atoms with van der Waals surface area (Å²) in [4.78, 5) is 9.27. The fraction of sp³-hybridized carbons (Fsp3) is 0.765. The second-order valence-corrected chi connectivity index (χ2v) is 7.78. The first kappa shape index (κ1) is 18.2. The minimum absolute atomic E-state index is 0.0634. The number of rotatable bonds is 6. The van der Waals surface area contributed by atoms with Crippen LogP contribution in [0.15, 0.2) is 10.4 Å². The highest BCUT2D eigenvalue weighted by atomic mass is 32.1. The van der Waals surface area contributed by atoms with Gasteiger partial charge in [-0.3, -0.25) is 0 Å².